The van der Waals surface area contributed by atoms with Crippen LogP contribution in [0.15, 0.2) is 36.5 Å². The van der Waals surface area contributed by atoms with E-state index in [4.69, 9.17) is 17.3 Å². The third-order valence-electron chi connectivity index (χ3n) is 7.95. The van der Waals surface area contributed by atoms with Crippen molar-refractivity contribution in [1.82, 2.24) is 9.97 Å². The van der Waals surface area contributed by atoms with Crippen molar-refractivity contribution in [3.63, 3.8) is 0 Å². The molecule has 0 radical (unpaired) electrons. The van der Waals surface area contributed by atoms with Crippen LogP contribution in [0.2, 0.25) is 5.02 Å². The Morgan fingerprint density at radius 2 is 2.03 bits per heavy atom. The first-order chi connectivity index (χ1) is 16.6. The van der Waals surface area contributed by atoms with Crippen LogP contribution in [0.25, 0.3) is 0 Å². The van der Waals surface area contributed by atoms with E-state index in [1.54, 1.807) is 6.20 Å². The molecule has 4 N–H and O–H groups in total. The van der Waals surface area contributed by atoms with E-state index in [9.17, 15) is 4.79 Å². The average Bonchev–Trinajstić information content (AvgIpc) is 3.37. The molecule has 2 heterocycles. The lowest BCUT2D eigenvalue weighted by Crippen LogP contribution is -2.41. The van der Waals surface area contributed by atoms with Crippen LogP contribution in [-0.4, -0.2) is 34.5 Å². The second kappa shape index (κ2) is 9.01. The zero-order valence-electron chi connectivity index (χ0n) is 20.9. The zero-order chi connectivity index (χ0) is 24.9. The summed E-state index contributed by atoms with van der Waals surface area (Å²) in [6.45, 7) is 10.2. The van der Waals surface area contributed by atoms with Crippen molar-refractivity contribution in [3.05, 3.63) is 47.1 Å². The van der Waals surface area contributed by atoms with Crippen LogP contribution in [0.1, 0.15) is 52.5 Å². The van der Waals surface area contributed by atoms with E-state index < -0.39 is 0 Å². The number of nitrogens with one attached hydrogen (secondary N) is 2. The van der Waals surface area contributed by atoms with Gasteiger partial charge in [-0.15, -0.1) is 0 Å². The van der Waals surface area contributed by atoms with Gasteiger partial charge in [-0.25, -0.2) is 4.98 Å². The molecule has 1 fully saturated rings. The number of benzene rings is 1. The highest BCUT2D eigenvalue weighted by Crippen LogP contribution is 2.45. The van der Waals surface area contributed by atoms with Crippen LogP contribution in [0, 0.1) is 17.8 Å². The van der Waals surface area contributed by atoms with Gasteiger partial charge >= 0.3 is 0 Å². The maximum absolute atomic E-state index is 12.1. The number of carbonyl (C=O) groups is 1. The van der Waals surface area contributed by atoms with E-state index in [1.165, 1.54) is 17.7 Å². The minimum Gasteiger partial charge on any atom is -0.369 e. The molecule has 2 aromatic rings. The predicted molar refractivity (Wildman–Crippen MR) is 142 cm³/mol. The fourth-order valence-corrected chi connectivity index (χ4v) is 6.27. The second-order valence-electron chi connectivity index (χ2n) is 11.1. The van der Waals surface area contributed by atoms with E-state index in [0.29, 0.717) is 22.8 Å². The summed E-state index contributed by atoms with van der Waals surface area (Å²) in [7, 11) is 0. The average molecular weight is 495 g/mol. The van der Waals surface area contributed by atoms with Crippen molar-refractivity contribution in [2.24, 2.45) is 23.5 Å². The predicted octanol–water partition coefficient (Wildman–Crippen LogP) is 5.25. The zero-order valence-corrected chi connectivity index (χ0v) is 21.6. The highest BCUT2D eigenvalue weighted by Gasteiger charge is 2.47. The van der Waals surface area contributed by atoms with Crippen LogP contribution in [0.5, 0.6) is 0 Å². The third-order valence-corrected chi connectivity index (χ3v) is 8.23. The monoisotopic (exact) mass is 494 g/mol. The molecule has 3 aliphatic rings. The smallest absolute Gasteiger partial charge is 0.229 e. The quantitative estimate of drug-likeness (QED) is 0.475. The molecule has 35 heavy (non-hydrogen) atoms. The first-order valence-electron chi connectivity index (χ1n) is 12.6. The normalized spacial score (nSPS) is 26.5. The van der Waals surface area contributed by atoms with Crippen molar-refractivity contribution in [3.8, 4) is 0 Å². The van der Waals surface area contributed by atoms with Crippen LogP contribution < -0.4 is 21.3 Å². The lowest BCUT2D eigenvalue weighted by molar-refractivity contribution is -0.122. The molecule has 1 aromatic heterocycles. The molecule has 4 atom stereocenters. The van der Waals surface area contributed by atoms with Gasteiger partial charge in [-0.3, -0.25) is 4.79 Å². The number of halogens is 1. The molecular weight excluding hydrogens is 460 g/mol. The lowest BCUT2D eigenvalue weighted by Gasteiger charge is -2.32. The first-order valence-corrected chi connectivity index (χ1v) is 13.0. The lowest BCUT2D eigenvalue weighted by atomic mass is 9.80. The van der Waals surface area contributed by atoms with Crippen LogP contribution in [0.3, 0.4) is 0 Å². The van der Waals surface area contributed by atoms with Gasteiger partial charge in [-0.1, -0.05) is 43.7 Å². The number of nitrogens with zero attached hydrogens (tertiary/aromatic N) is 3. The molecule has 0 unspecified atom stereocenters. The van der Waals surface area contributed by atoms with Crippen LogP contribution in [0.4, 0.5) is 23.1 Å². The van der Waals surface area contributed by atoms with Crippen LogP contribution >= 0.6 is 11.6 Å². The second-order valence-corrected chi connectivity index (χ2v) is 11.5. The topological polar surface area (TPSA) is 96.2 Å². The van der Waals surface area contributed by atoms with Crippen molar-refractivity contribution in [1.29, 1.82) is 0 Å². The van der Waals surface area contributed by atoms with E-state index in [0.717, 1.165) is 25.1 Å². The van der Waals surface area contributed by atoms with Crippen LogP contribution in [-0.2, 0) is 10.2 Å². The maximum Gasteiger partial charge on any atom is 0.229 e. The molecule has 0 spiro atoms. The molecular formula is C27H35ClN6O. The summed E-state index contributed by atoms with van der Waals surface area (Å²) >= 11 is 6.45. The van der Waals surface area contributed by atoms with E-state index in [2.05, 4.69) is 83.5 Å². The molecule has 2 aliphatic carbocycles. The number of nitrogens with two attached hydrogens (primary N) is 1. The number of anilines is 4. The molecule has 5 rings (SSSR count). The number of amides is 1. The molecule has 2 bridgehead atoms. The summed E-state index contributed by atoms with van der Waals surface area (Å²) < 4.78 is 0. The maximum atomic E-state index is 12.1. The first kappa shape index (κ1) is 23.9. The largest absolute Gasteiger partial charge is 0.369 e. The minimum atomic E-state index is -0.287. The number of rotatable bonds is 6. The summed E-state index contributed by atoms with van der Waals surface area (Å²) in [4.78, 5) is 23.7. The minimum absolute atomic E-state index is 0.114. The number of hydrogen-bond acceptors (Lipinski definition) is 6. The summed E-state index contributed by atoms with van der Waals surface area (Å²) in [5.74, 6) is 0.847. The van der Waals surface area contributed by atoms with Gasteiger partial charge in [0.15, 0.2) is 5.82 Å². The van der Waals surface area contributed by atoms with Gasteiger partial charge in [0.25, 0.3) is 0 Å². The Morgan fingerprint density at radius 1 is 1.26 bits per heavy atom. The summed E-state index contributed by atoms with van der Waals surface area (Å²) in [6.07, 6.45) is 9.12. The summed E-state index contributed by atoms with van der Waals surface area (Å²) in [5.41, 5.74) is 9.41. The van der Waals surface area contributed by atoms with Crippen molar-refractivity contribution >= 4 is 40.6 Å². The van der Waals surface area contributed by atoms with E-state index in [-0.39, 0.29) is 35.1 Å². The van der Waals surface area contributed by atoms with Gasteiger partial charge in [0.05, 0.1) is 12.1 Å². The standard InChI is InChI=1S/C27H35ClN6O/c1-15(2)34-11-5-10-27(3,4)19-9-8-18(13-21(19)34)31-26-30-14-20(28)25(33-26)32-23-17-7-6-16(12-17)22(23)24(29)35/h6-9,13-17,22-23H,5,10-12H2,1-4H3,(H2,29,35)(H2,30,31,32,33)/t16-,17+,22+,23-/m1/s1. The number of allylic oxidation sites excluding steroid dienone is 1. The molecule has 1 saturated carbocycles. The fraction of sp³-hybridized carbons (Fsp3) is 0.519. The Labute approximate surface area is 212 Å². The molecule has 1 aliphatic heterocycles. The Balaban J connectivity index is 1.41. The SMILES string of the molecule is CC(C)N1CCCC(C)(C)c2ccc(Nc3ncc(Cl)c(N[C@H]4[C@@H](C(N)=O)[C@@H]5C=C[C@H]4C5)n3)cc21. The van der Waals surface area contributed by atoms with Gasteiger partial charge in [-0.05, 0) is 68.1 Å². The molecule has 0 saturated heterocycles. The Morgan fingerprint density at radius 3 is 2.77 bits per heavy atom. The number of aromatic nitrogens is 2. The van der Waals surface area contributed by atoms with Crippen molar-refractivity contribution in [2.45, 2.75) is 64.5 Å². The Hall–Kier alpha value is -2.80. The summed E-state index contributed by atoms with van der Waals surface area (Å²) in [5, 5.41) is 7.19. The van der Waals surface area contributed by atoms with E-state index in [1.807, 2.05) is 0 Å². The van der Waals surface area contributed by atoms with Gasteiger partial charge < -0.3 is 21.3 Å². The number of primary amides is 1. The van der Waals surface area contributed by atoms with Crippen molar-refractivity contribution in [2.75, 3.05) is 22.1 Å². The molecule has 1 amide bonds. The van der Waals surface area contributed by atoms with Gasteiger partial charge in [0, 0.05) is 30.0 Å². The Bertz CT molecular complexity index is 1160. The van der Waals surface area contributed by atoms with E-state index >= 15 is 0 Å². The third kappa shape index (κ3) is 4.46. The number of fused-ring (bicyclic) bond motifs is 3. The van der Waals surface area contributed by atoms with Gasteiger partial charge in [0.1, 0.15) is 5.02 Å². The molecule has 8 heteroatoms. The molecule has 7 nitrogen and oxygen atoms in total. The van der Waals surface area contributed by atoms with Gasteiger partial charge in [0.2, 0.25) is 11.9 Å². The fourth-order valence-electron chi connectivity index (χ4n) is 6.12. The van der Waals surface area contributed by atoms with Gasteiger partial charge in [-0.2, -0.15) is 4.98 Å². The number of hydrogen-bond donors (Lipinski definition) is 3. The number of carbonyl (C=O) groups excluding carboxylic acids is 1. The molecule has 1 aromatic carbocycles. The molecule has 186 valence electrons. The van der Waals surface area contributed by atoms with Crippen molar-refractivity contribution < 1.29 is 4.79 Å². The Kier molecular flexibility index (Phi) is 6.16. The summed E-state index contributed by atoms with van der Waals surface area (Å²) in [6, 6.07) is 6.83. The highest BCUT2D eigenvalue weighted by atomic mass is 35.5. The highest BCUT2D eigenvalue weighted by molar-refractivity contribution is 6.32.